The zero-order valence-corrected chi connectivity index (χ0v) is 11.2. The van der Waals surface area contributed by atoms with E-state index in [1.54, 1.807) is 0 Å². The van der Waals surface area contributed by atoms with Crippen molar-refractivity contribution in [1.82, 2.24) is 5.32 Å². The van der Waals surface area contributed by atoms with Crippen LogP contribution in [0.15, 0.2) is 0 Å². The normalized spacial score (nSPS) is 22.4. The highest BCUT2D eigenvalue weighted by molar-refractivity contribution is 7.80. The Labute approximate surface area is 109 Å². The average molecular weight is 254 g/mol. The SMILES string of the molecule is NC(=S)C1(C(=O)NCCCC2CCCC2)CC1. The lowest BCUT2D eigenvalue weighted by molar-refractivity contribution is -0.124. The lowest BCUT2D eigenvalue weighted by Crippen LogP contribution is -2.40. The van der Waals surface area contributed by atoms with Crippen molar-refractivity contribution in [2.24, 2.45) is 17.1 Å². The van der Waals surface area contributed by atoms with Crippen molar-refractivity contribution in [3.8, 4) is 0 Å². The van der Waals surface area contributed by atoms with Crippen LogP contribution in [0.5, 0.6) is 0 Å². The van der Waals surface area contributed by atoms with Gasteiger partial charge in [-0.05, 0) is 31.6 Å². The molecule has 3 N–H and O–H groups in total. The third-order valence-electron chi connectivity index (χ3n) is 4.21. The Hall–Kier alpha value is -0.640. The smallest absolute Gasteiger partial charge is 0.233 e. The molecule has 0 aromatic heterocycles. The number of amides is 1. The molecule has 1 amide bonds. The summed E-state index contributed by atoms with van der Waals surface area (Å²) >= 11 is 4.95. The minimum atomic E-state index is -0.483. The van der Waals surface area contributed by atoms with Gasteiger partial charge in [-0.1, -0.05) is 37.9 Å². The van der Waals surface area contributed by atoms with E-state index in [1.165, 1.54) is 32.1 Å². The van der Waals surface area contributed by atoms with Gasteiger partial charge in [0.05, 0.1) is 10.4 Å². The number of hydrogen-bond acceptors (Lipinski definition) is 2. The highest BCUT2D eigenvalue weighted by atomic mass is 32.1. The number of nitrogens with one attached hydrogen (secondary N) is 1. The van der Waals surface area contributed by atoms with E-state index in [1.807, 2.05) is 0 Å². The van der Waals surface area contributed by atoms with Crippen molar-refractivity contribution >= 4 is 23.1 Å². The van der Waals surface area contributed by atoms with E-state index < -0.39 is 5.41 Å². The minimum absolute atomic E-state index is 0.0522. The molecule has 2 aliphatic carbocycles. The summed E-state index contributed by atoms with van der Waals surface area (Å²) in [4.78, 5) is 12.3. The lowest BCUT2D eigenvalue weighted by atomic mass is 10.0. The van der Waals surface area contributed by atoms with Gasteiger partial charge in [0.25, 0.3) is 0 Å². The van der Waals surface area contributed by atoms with E-state index in [-0.39, 0.29) is 5.91 Å². The van der Waals surface area contributed by atoms with E-state index in [9.17, 15) is 4.79 Å². The molecule has 0 aliphatic heterocycles. The highest BCUT2D eigenvalue weighted by Gasteiger charge is 2.52. The van der Waals surface area contributed by atoms with E-state index in [0.717, 1.165) is 31.7 Å². The second kappa shape index (κ2) is 5.34. The molecule has 0 aromatic rings. The molecule has 0 radical (unpaired) electrons. The van der Waals surface area contributed by atoms with Crippen LogP contribution in [0.3, 0.4) is 0 Å². The summed E-state index contributed by atoms with van der Waals surface area (Å²) in [7, 11) is 0. The molecule has 0 spiro atoms. The standard InChI is InChI=1S/C13H22N2OS/c14-11(17)13(7-8-13)12(16)15-9-3-6-10-4-1-2-5-10/h10H,1-9H2,(H2,14,17)(H,15,16). The maximum atomic E-state index is 11.9. The van der Waals surface area contributed by atoms with Crippen molar-refractivity contribution in [2.45, 2.75) is 51.4 Å². The van der Waals surface area contributed by atoms with Crippen molar-refractivity contribution in [3.63, 3.8) is 0 Å². The molecule has 0 heterocycles. The molecule has 3 nitrogen and oxygen atoms in total. The van der Waals surface area contributed by atoms with Crippen LogP contribution in [0.25, 0.3) is 0 Å². The van der Waals surface area contributed by atoms with Gasteiger partial charge in [0.1, 0.15) is 0 Å². The second-order valence-electron chi connectivity index (χ2n) is 5.49. The Morgan fingerprint density at radius 3 is 2.53 bits per heavy atom. The fourth-order valence-electron chi connectivity index (χ4n) is 2.77. The number of carbonyl (C=O) groups excluding carboxylic acids is 1. The number of rotatable bonds is 6. The number of thiocarbonyl (C=S) groups is 1. The van der Waals surface area contributed by atoms with Crippen LogP contribution in [0, 0.1) is 11.3 Å². The first kappa shape index (κ1) is 12.8. The van der Waals surface area contributed by atoms with Crippen LogP contribution in [-0.4, -0.2) is 17.4 Å². The molecule has 2 aliphatic rings. The Morgan fingerprint density at radius 1 is 1.35 bits per heavy atom. The minimum Gasteiger partial charge on any atom is -0.392 e. The van der Waals surface area contributed by atoms with E-state index in [2.05, 4.69) is 5.32 Å². The van der Waals surface area contributed by atoms with Crippen LogP contribution in [0.2, 0.25) is 0 Å². The third kappa shape index (κ3) is 2.97. The zero-order valence-electron chi connectivity index (χ0n) is 10.3. The number of hydrogen-bond donors (Lipinski definition) is 2. The predicted octanol–water partition coefficient (Wildman–Crippen LogP) is 2.14. The monoisotopic (exact) mass is 254 g/mol. The summed E-state index contributed by atoms with van der Waals surface area (Å²) in [6.07, 6.45) is 9.54. The quantitative estimate of drug-likeness (QED) is 0.564. The van der Waals surface area contributed by atoms with Crippen molar-refractivity contribution in [3.05, 3.63) is 0 Å². The van der Waals surface area contributed by atoms with Gasteiger partial charge in [-0.15, -0.1) is 0 Å². The van der Waals surface area contributed by atoms with Crippen LogP contribution in [0.1, 0.15) is 51.4 Å². The van der Waals surface area contributed by atoms with Gasteiger partial charge in [-0.25, -0.2) is 0 Å². The molecular formula is C13H22N2OS. The summed E-state index contributed by atoms with van der Waals surface area (Å²) in [5.41, 5.74) is 5.12. The number of carbonyl (C=O) groups is 1. The first-order valence-electron chi connectivity index (χ1n) is 6.73. The molecule has 17 heavy (non-hydrogen) atoms. The topological polar surface area (TPSA) is 55.1 Å². The molecule has 4 heteroatoms. The Kier molecular flexibility index (Phi) is 4.02. The molecular weight excluding hydrogens is 232 g/mol. The lowest BCUT2D eigenvalue weighted by Gasteiger charge is -2.14. The summed E-state index contributed by atoms with van der Waals surface area (Å²) < 4.78 is 0. The molecule has 0 aromatic carbocycles. The van der Waals surface area contributed by atoms with Gasteiger partial charge in [-0.2, -0.15) is 0 Å². The van der Waals surface area contributed by atoms with Crippen LogP contribution in [-0.2, 0) is 4.79 Å². The van der Waals surface area contributed by atoms with Gasteiger partial charge < -0.3 is 11.1 Å². The molecule has 0 bridgehead atoms. The predicted molar refractivity (Wildman–Crippen MR) is 72.7 cm³/mol. The second-order valence-corrected chi connectivity index (χ2v) is 5.93. The summed E-state index contributed by atoms with van der Waals surface area (Å²) in [6, 6.07) is 0. The summed E-state index contributed by atoms with van der Waals surface area (Å²) in [6.45, 7) is 0.777. The van der Waals surface area contributed by atoms with Gasteiger partial charge in [0.15, 0.2) is 0 Å². The molecule has 2 rings (SSSR count). The molecule has 96 valence electrons. The van der Waals surface area contributed by atoms with E-state index >= 15 is 0 Å². The zero-order chi connectivity index (χ0) is 12.3. The molecule has 0 atom stereocenters. The van der Waals surface area contributed by atoms with Crippen molar-refractivity contribution in [2.75, 3.05) is 6.54 Å². The van der Waals surface area contributed by atoms with Crippen LogP contribution in [0.4, 0.5) is 0 Å². The molecule has 2 saturated carbocycles. The molecule has 0 unspecified atom stereocenters. The fourth-order valence-corrected chi connectivity index (χ4v) is 3.07. The first-order valence-corrected chi connectivity index (χ1v) is 7.14. The summed E-state index contributed by atoms with van der Waals surface area (Å²) in [5, 5.41) is 2.98. The highest BCUT2D eigenvalue weighted by Crippen LogP contribution is 2.46. The van der Waals surface area contributed by atoms with Gasteiger partial charge in [-0.3, -0.25) is 4.79 Å². The van der Waals surface area contributed by atoms with Crippen LogP contribution >= 0.6 is 12.2 Å². The average Bonchev–Trinajstić information content (AvgIpc) is 2.97. The molecule has 0 saturated heterocycles. The summed E-state index contributed by atoms with van der Waals surface area (Å²) in [5.74, 6) is 0.953. The fraction of sp³-hybridized carbons (Fsp3) is 0.846. The van der Waals surface area contributed by atoms with Crippen LogP contribution < -0.4 is 11.1 Å². The first-order chi connectivity index (χ1) is 8.15. The Balaban J connectivity index is 1.62. The van der Waals surface area contributed by atoms with Gasteiger partial charge >= 0.3 is 0 Å². The largest absolute Gasteiger partial charge is 0.392 e. The van der Waals surface area contributed by atoms with E-state index in [0.29, 0.717) is 4.99 Å². The third-order valence-corrected chi connectivity index (χ3v) is 4.60. The van der Waals surface area contributed by atoms with Gasteiger partial charge in [0, 0.05) is 6.54 Å². The maximum Gasteiger partial charge on any atom is 0.233 e. The Morgan fingerprint density at radius 2 is 2.00 bits per heavy atom. The number of nitrogens with two attached hydrogens (primary N) is 1. The van der Waals surface area contributed by atoms with Crippen molar-refractivity contribution in [1.29, 1.82) is 0 Å². The maximum absolute atomic E-state index is 11.9. The van der Waals surface area contributed by atoms with E-state index in [4.69, 9.17) is 18.0 Å². The molecule has 2 fully saturated rings. The van der Waals surface area contributed by atoms with Crippen molar-refractivity contribution < 1.29 is 4.79 Å². The Bertz CT molecular complexity index is 307. The van der Waals surface area contributed by atoms with Gasteiger partial charge in [0.2, 0.25) is 5.91 Å².